The van der Waals surface area contributed by atoms with Crippen LogP contribution in [0.25, 0.3) is 0 Å². The average molecular weight is 167 g/mol. The zero-order chi connectivity index (χ0) is 9.14. The molecule has 0 aromatic heterocycles. The lowest BCUT2D eigenvalue weighted by Crippen LogP contribution is -1.92. The van der Waals surface area contributed by atoms with Crippen LogP contribution in [0.5, 0.6) is 0 Å². The molecule has 0 fully saturated rings. The second-order valence-corrected chi connectivity index (χ2v) is 2.52. The molecule has 1 rings (SSSR count). The van der Waals surface area contributed by atoms with E-state index in [9.17, 15) is 8.78 Å². The number of nitrogens with zero attached hydrogens (tertiary/aromatic N) is 1. The third-order valence-electron chi connectivity index (χ3n) is 1.62. The fraction of sp³-hybridized carbons (Fsp3) is 0.222. The molecular weight excluding hydrogens is 160 g/mol. The second kappa shape index (κ2) is 3.31. The summed E-state index contributed by atoms with van der Waals surface area (Å²) >= 11 is 0. The van der Waals surface area contributed by atoms with Crippen molar-refractivity contribution >= 4 is 0 Å². The van der Waals surface area contributed by atoms with Crippen LogP contribution < -0.4 is 0 Å². The standard InChI is InChI=1S/C9H7F2N/c1-6-8(10)4-7(2-3-12)5-9(6)11/h4-5H,2H2,1H3. The molecule has 0 amide bonds. The minimum atomic E-state index is -0.597. The van der Waals surface area contributed by atoms with Crippen molar-refractivity contribution in [2.45, 2.75) is 13.3 Å². The monoisotopic (exact) mass is 167 g/mol. The molecule has 0 unspecified atom stereocenters. The topological polar surface area (TPSA) is 23.8 Å². The van der Waals surface area contributed by atoms with Gasteiger partial charge < -0.3 is 0 Å². The third kappa shape index (κ3) is 1.59. The maximum atomic E-state index is 12.8. The van der Waals surface area contributed by atoms with Crippen LogP contribution in [0.1, 0.15) is 11.1 Å². The van der Waals surface area contributed by atoms with E-state index in [4.69, 9.17) is 5.26 Å². The predicted octanol–water partition coefficient (Wildman–Crippen LogP) is 2.34. The van der Waals surface area contributed by atoms with E-state index in [0.29, 0.717) is 5.56 Å². The van der Waals surface area contributed by atoms with E-state index in [1.807, 2.05) is 6.07 Å². The highest BCUT2D eigenvalue weighted by molar-refractivity contribution is 5.26. The van der Waals surface area contributed by atoms with Gasteiger partial charge in [-0.05, 0) is 24.6 Å². The molecule has 0 saturated heterocycles. The predicted molar refractivity (Wildman–Crippen MR) is 40.4 cm³/mol. The highest BCUT2D eigenvalue weighted by atomic mass is 19.1. The van der Waals surface area contributed by atoms with Crippen molar-refractivity contribution in [2.24, 2.45) is 0 Å². The normalized spacial score (nSPS) is 9.50. The van der Waals surface area contributed by atoms with Crippen molar-refractivity contribution in [1.82, 2.24) is 0 Å². The molecule has 0 heterocycles. The van der Waals surface area contributed by atoms with E-state index >= 15 is 0 Å². The lowest BCUT2D eigenvalue weighted by molar-refractivity contribution is 0.565. The molecule has 62 valence electrons. The average Bonchev–Trinajstić information content (AvgIpc) is 2.01. The molecule has 1 aromatic rings. The van der Waals surface area contributed by atoms with Gasteiger partial charge in [0.1, 0.15) is 11.6 Å². The van der Waals surface area contributed by atoms with Gasteiger partial charge in [-0.2, -0.15) is 5.26 Å². The fourth-order valence-electron chi connectivity index (χ4n) is 0.891. The van der Waals surface area contributed by atoms with Crippen molar-refractivity contribution in [2.75, 3.05) is 0 Å². The molecule has 0 radical (unpaired) electrons. The van der Waals surface area contributed by atoms with E-state index in [2.05, 4.69) is 0 Å². The van der Waals surface area contributed by atoms with Crippen molar-refractivity contribution < 1.29 is 8.78 Å². The van der Waals surface area contributed by atoms with Gasteiger partial charge in [0.05, 0.1) is 12.5 Å². The summed E-state index contributed by atoms with van der Waals surface area (Å²) in [4.78, 5) is 0. The Bertz CT molecular complexity index is 316. The van der Waals surface area contributed by atoms with Crippen LogP contribution in [-0.2, 0) is 6.42 Å². The number of halogens is 2. The summed E-state index contributed by atoms with van der Waals surface area (Å²) in [6, 6.07) is 4.19. The summed E-state index contributed by atoms with van der Waals surface area (Å²) in [6.45, 7) is 1.36. The zero-order valence-electron chi connectivity index (χ0n) is 6.56. The number of benzene rings is 1. The van der Waals surface area contributed by atoms with Gasteiger partial charge in [-0.15, -0.1) is 0 Å². The molecule has 1 nitrogen and oxygen atoms in total. The minimum absolute atomic E-state index is 0.00307. The first-order valence-electron chi connectivity index (χ1n) is 3.46. The smallest absolute Gasteiger partial charge is 0.129 e. The summed E-state index contributed by atoms with van der Waals surface area (Å²) in [6.07, 6.45) is 0.0358. The number of nitriles is 1. The summed E-state index contributed by atoms with van der Waals surface area (Å²) in [5.74, 6) is -1.19. The summed E-state index contributed by atoms with van der Waals surface area (Å²) in [7, 11) is 0. The van der Waals surface area contributed by atoms with Crippen LogP contribution in [0.3, 0.4) is 0 Å². The maximum Gasteiger partial charge on any atom is 0.129 e. The molecule has 0 N–H and O–H groups in total. The van der Waals surface area contributed by atoms with Gasteiger partial charge in [-0.3, -0.25) is 0 Å². The van der Waals surface area contributed by atoms with E-state index < -0.39 is 11.6 Å². The molecule has 3 heteroatoms. The molecular formula is C9H7F2N. The van der Waals surface area contributed by atoms with Crippen LogP contribution >= 0.6 is 0 Å². The van der Waals surface area contributed by atoms with Gasteiger partial charge in [0.15, 0.2) is 0 Å². The lowest BCUT2D eigenvalue weighted by Gasteiger charge is -2.00. The highest BCUT2D eigenvalue weighted by Gasteiger charge is 2.05. The van der Waals surface area contributed by atoms with Gasteiger partial charge >= 0.3 is 0 Å². The highest BCUT2D eigenvalue weighted by Crippen LogP contribution is 2.14. The Morgan fingerprint density at radius 1 is 1.33 bits per heavy atom. The first-order valence-corrected chi connectivity index (χ1v) is 3.46. The Labute approximate surface area is 69.2 Å². The van der Waals surface area contributed by atoms with Crippen LogP contribution in [0.4, 0.5) is 8.78 Å². The number of rotatable bonds is 1. The van der Waals surface area contributed by atoms with Gasteiger partial charge in [-0.1, -0.05) is 0 Å². The first kappa shape index (κ1) is 8.66. The van der Waals surface area contributed by atoms with Crippen LogP contribution in [0, 0.1) is 29.9 Å². The molecule has 0 atom stereocenters. The van der Waals surface area contributed by atoms with E-state index in [-0.39, 0.29) is 12.0 Å². The Morgan fingerprint density at radius 2 is 1.83 bits per heavy atom. The molecule has 0 aliphatic rings. The van der Waals surface area contributed by atoms with Crippen molar-refractivity contribution in [3.63, 3.8) is 0 Å². The molecule has 1 aromatic carbocycles. The first-order chi connectivity index (χ1) is 5.65. The van der Waals surface area contributed by atoms with Crippen LogP contribution in [0.2, 0.25) is 0 Å². The SMILES string of the molecule is Cc1c(F)cc(CC#N)cc1F. The third-order valence-corrected chi connectivity index (χ3v) is 1.62. The summed E-state index contributed by atoms with van der Waals surface area (Å²) in [5, 5.41) is 8.28. The maximum absolute atomic E-state index is 12.8. The van der Waals surface area contributed by atoms with E-state index in [0.717, 1.165) is 0 Å². The summed E-state index contributed by atoms with van der Waals surface area (Å²) in [5.41, 5.74) is 0.370. The van der Waals surface area contributed by atoms with Crippen molar-refractivity contribution in [1.29, 1.82) is 5.26 Å². The number of hydrogen-bond acceptors (Lipinski definition) is 1. The molecule has 0 bridgehead atoms. The molecule has 0 aliphatic carbocycles. The fourth-order valence-corrected chi connectivity index (χ4v) is 0.891. The second-order valence-electron chi connectivity index (χ2n) is 2.52. The van der Waals surface area contributed by atoms with E-state index in [1.54, 1.807) is 0 Å². The Kier molecular flexibility index (Phi) is 2.39. The minimum Gasteiger partial charge on any atom is -0.207 e. The molecule has 0 aliphatic heterocycles. The Hall–Kier alpha value is -1.43. The lowest BCUT2D eigenvalue weighted by atomic mass is 10.1. The van der Waals surface area contributed by atoms with Crippen LogP contribution in [-0.4, -0.2) is 0 Å². The Balaban J connectivity index is 3.14. The Morgan fingerprint density at radius 3 is 2.25 bits per heavy atom. The molecule has 0 saturated carbocycles. The quantitative estimate of drug-likeness (QED) is 0.629. The van der Waals surface area contributed by atoms with Gasteiger partial charge in [-0.25, -0.2) is 8.78 Å². The van der Waals surface area contributed by atoms with Gasteiger partial charge in [0.25, 0.3) is 0 Å². The largest absolute Gasteiger partial charge is 0.207 e. The van der Waals surface area contributed by atoms with Crippen LogP contribution in [0.15, 0.2) is 12.1 Å². The van der Waals surface area contributed by atoms with Gasteiger partial charge in [0.2, 0.25) is 0 Å². The number of hydrogen-bond donors (Lipinski definition) is 0. The van der Waals surface area contributed by atoms with E-state index in [1.165, 1.54) is 19.1 Å². The summed E-state index contributed by atoms with van der Waals surface area (Å²) < 4.78 is 25.6. The van der Waals surface area contributed by atoms with Gasteiger partial charge in [0, 0.05) is 5.56 Å². The molecule has 12 heavy (non-hydrogen) atoms. The van der Waals surface area contributed by atoms with Crippen molar-refractivity contribution in [3.8, 4) is 6.07 Å². The van der Waals surface area contributed by atoms with Crippen molar-refractivity contribution in [3.05, 3.63) is 34.9 Å². The molecule has 0 spiro atoms. The zero-order valence-corrected chi connectivity index (χ0v) is 6.56.